The fraction of sp³-hybridized carbons (Fsp3) is 1.00. The molecule has 1 atom stereocenters. The van der Waals surface area contributed by atoms with Crippen LogP contribution >= 0.6 is 0 Å². The Morgan fingerprint density at radius 2 is 2.08 bits per heavy atom. The Labute approximate surface area is 79.5 Å². The maximum atomic E-state index is 9.06. The largest absolute Gasteiger partial charge is 0.394 e. The first-order valence-corrected chi connectivity index (χ1v) is 5.34. The van der Waals surface area contributed by atoms with Gasteiger partial charge in [-0.3, -0.25) is 0 Å². The minimum absolute atomic E-state index is 0.104. The van der Waals surface area contributed by atoms with Gasteiger partial charge < -0.3 is 15.2 Å². The first kappa shape index (κ1) is 9.44. The number of rotatable bonds is 1. The van der Waals surface area contributed by atoms with Gasteiger partial charge in [0.1, 0.15) is 0 Å². The number of ether oxygens (including phenoxy) is 1. The molecule has 0 amide bonds. The zero-order chi connectivity index (χ0) is 9.15. The molecule has 0 aliphatic carbocycles. The minimum Gasteiger partial charge on any atom is -0.394 e. The molecule has 0 aromatic heterocycles. The molecule has 0 radical (unpaired) electrons. The molecule has 0 saturated carbocycles. The minimum atomic E-state index is 0.104. The smallest absolute Gasteiger partial charge is 0.0813 e. The van der Waals surface area contributed by atoms with Gasteiger partial charge in [0.25, 0.3) is 0 Å². The molecule has 2 saturated heterocycles. The fourth-order valence-corrected chi connectivity index (χ4v) is 2.50. The van der Waals surface area contributed by atoms with E-state index in [2.05, 4.69) is 5.32 Å². The predicted molar refractivity (Wildman–Crippen MR) is 50.6 cm³/mol. The SMILES string of the molecule is OCC1CCCC2(CCNCC2)O1. The Morgan fingerprint density at radius 3 is 2.77 bits per heavy atom. The zero-order valence-corrected chi connectivity index (χ0v) is 8.09. The Kier molecular flexibility index (Phi) is 2.86. The molecule has 2 heterocycles. The summed E-state index contributed by atoms with van der Waals surface area (Å²) in [5.41, 5.74) is 0.108. The van der Waals surface area contributed by atoms with Crippen molar-refractivity contribution in [3.63, 3.8) is 0 Å². The molecule has 0 aromatic rings. The molecule has 2 rings (SSSR count). The number of piperidine rings is 1. The average molecular weight is 185 g/mol. The first-order valence-electron chi connectivity index (χ1n) is 5.34. The van der Waals surface area contributed by atoms with E-state index < -0.39 is 0 Å². The highest BCUT2D eigenvalue weighted by Crippen LogP contribution is 2.35. The highest BCUT2D eigenvalue weighted by atomic mass is 16.5. The lowest BCUT2D eigenvalue weighted by Crippen LogP contribution is -2.49. The lowest BCUT2D eigenvalue weighted by molar-refractivity contribution is -0.153. The summed E-state index contributed by atoms with van der Waals surface area (Å²) < 4.78 is 5.97. The molecule has 13 heavy (non-hydrogen) atoms. The van der Waals surface area contributed by atoms with Gasteiger partial charge >= 0.3 is 0 Å². The van der Waals surface area contributed by atoms with Gasteiger partial charge in [0, 0.05) is 0 Å². The van der Waals surface area contributed by atoms with Gasteiger partial charge in [0.15, 0.2) is 0 Å². The van der Waals surface area contributed by atoms with E-state index >= 15 is 0 Å². The molecule has 0 aromatic carbocycles. The Morgan fingerprint density at radius 1 is 1.31 bits per heavy atom. The van der Waals surface area contributed by atoms with Crippen LogP contribution in [-0.4, -0.2) is 36.5 Å². The van der Waals surface area contributed by atoms with Crippen molar-refractivity contribution in [3.05, 3.63) is 0 Å². The Hall–Kier alpha value is -0.120. The van der Waals surface area contributed by atoms with Crippen molar-refractivity contribution in [2.24, 2.45) is 0 Å². The van der Waals surface area contributed by atoms with E-state index in [1.807, 2.05) is 0 Å². The maximum absolute atomic E-state index is 9.06. The Bertz CT molecular complexity index is 161. The standard InChI is InChI=1S/C10H19NO2/c12-8-9-2-1-3-10(13-9)4-6-11-7-5-10/h9,11-12H,1-8H2. The molecular weight excluding hydrogens is 166 g/mol. The van der Waals surface area contributed by atoms with E-state index in [4.69, 9.17) is 9.84 Å². The summed E-state index contributed by atoms with van der Waals surface area (Å²) in [4.78, 5) is 0. The van der Waals surface area contributed by atoms with Crippen molar-refractivity contribution < 1.29 is 9.84 Å². The summed E-state index contributed by atoms with van der Waals surface area (Å²) in [6, 6.07) is 0. The van der Waals surface area contributed by atoms with Crippen LogP contribution in [0.3, 0.4) is 0 Å². The molecule has 2 N–H and O–H groups in total. The van der Waals surface area contributed by atoms with Crippen LogP contribution in [0.15, 0.2) is 0 Å². The van der Waals surface area contributed by atoms with Crippen molar-refractivity contribution in [1.29, 1.82) is 0 Å². The van der Waals surface area contributed by atoms with Crippen molar-refractivity contribution in [1.82, 2.24) is 5.32 Å². The van der Waals surface area contributed by atoms with Gasteiger partial charge in [-0.25, -0.2) is 0 Å². The van der Waals surface area contributed by atoms with Crippen LogP contribution in [0, 0.1) is 0 Å². The summed E-state index contributed by atoms with van der Waals surface area (Å²) >= 11 is 0. The predicted octanol–water partition coefficient (Wildman–Crippen LogP) is 0.670. The quantitative estimate of drug-likeness (QED) is 0.631. The normalized spacial score (nSPS) is 33.5. The van der Waals surface area contributed by atoms with E-state index in [1.54, 1.807) is 0 Å². The third-order valence-electron chi connectivity index (χ3n) is 3.29. The van der Waals surface area contributed by atoms with Gasteiger partial charge in [-0.05, 0) is 45.2 Å². The number of nitrogens with one attached hydrogen (secondary N) is 1. The van der Waals surface area contributed by atoms with E-state index in [0.717, 1.165) is 32.4 Å². The highest BCUT2D eigenvalue weighted by Gasteiger charge is 2.37. The monoisotopic (exact) mass is 185 g/mol. The lowest BCUT2D eigenvalue weighted by Gasteiger charge is -2.43. The summed E-state index contributed by atoms with van der Waals surface area (Å²) in [6.07, 6.45) is 5.77. The lowest BCUT2D eigenvalue weighted by atomic mass is 9.84. The number of aliphatic hydroxyl groups is 1. The van der Waals surface area contributed by atoms with E-state index in [1.165, 1.54) is 12.8 Å². The van der Waals surface area contributed by atoms with Crippen LogP contribution in [0.4, 0.5) is 0 Å². The second-order valence-corrected chi connectivity index (χ2v) is 4.25. The molecule has 3 heteroatoms. The zero-order valence-electron chi connectivity index (χ0n) is 8.09. The second kappa shape index (κ2) is 3.95. The molecule has 3 nitrogen and oxygen atoms in total. The van der Waals surface area contributed by atoms with Crippen molar-refractivity contribution >= 4 is 0 Å². The summed E-state index contributed by atoms with van der Waals surface area (Å²) in [6.45, 7) is 2.32. The van der Waals surface area contributed by atoms with Crippen LogP contribution in [0.2, 0.25) is 0 Å². The van der Waals surface area contributed by atoms with Crippen LogP contribution < -0.4 is 5.32 Å². The molecular formula is C10H19NO2. The van der Waals surface area contributed by atoms with Crippen LogP contribution in [-0.2, 0) is 4.74 Å². The molecule has 2 aliphatic heterocycles. The van der Waals surface area contributed by atoms with Crippen molar-refractivity contribution in [2.45, 2.75) is 43.8 Å². The average Bonchev–Trinajstić information content (AvgIpc) is 2.19. The van der Waals surface area contributed by atoms with Crippen molar-refractivity contribution in [3.8, 4) is 0 Å². The second-order valence-electron chi connectivity index (χ2n) is 4.25. The third kappa shape index (κ3) is 2.03. The first-order chi connectivity index (χ1) is 6.35. The molecule has 1 unspecified atom stereocenters. The van der Waals surface area contributed by atoms with Gasteiger partial charge in [-0.1, -0.05) is 0 Å². The van der Waals surface area contributed by atoms with E-state index in [9.17, 15) is 0 Å². The molecule has 2 fully saturated rings. The van der Waals surface area contributed by atoms with Crippen LogP contribution in [0.5, 0.6) is 0 Å². The van der Waals surface area contributed by atoms with Gasteiger partial charge in [-0.15, -0.1) is 0 Å². The molecule has 1 spiro atoms. The number of aliphatic hydroxyl groups excluding tert-OH is 1. The van der Waals surface area contributed by atoms with Crippen LogP contribution in [0.1, 0.15) is 32.1 Å². The summed E-state index contributed by atoms with van der Waals surface area (Å²) in [5, 5.41) is 12.4. The van der Waals surface area contributed by atoms with Gasteiger partial charge in [0.2, 0.25) is 0 Å². The van der Waals surface area contributed by atoms with Crippen molar-refractivity contribution in [2.75, 3.05) is 19.7 Å². The number of hydrogen-bond donors (Lipinski definition) is 2. The molecule has 76 valence electrons. The van der Waals surface area contributed by atoms with E-state index in [-0.39, 0.29) is 18.3 Å². The third-order valence-corrected chi connectivity index (χ3v) is 3.29. The Balaban J connectivity index is 1.95. The molecule has 2 aliphatic rings. The summed E-state index contributed by atoms with van der Waals surface area (Å²) in [7, 11) is 0. The molecule has 0 bridgehead atoms. The van der Waals surface area contributed by atoms with Gasteiger partial charge in [-0.2, -0.15) is 0 Å². The fourth-order valence-electron chi connectivity index (χ4n) is 2.50. The van der Waals surface area contributed by atoms with E-state index in [0.29, 0.717) is 0 Å². The highest BCUT2D eigenvalue weighted by molar-refractivity contribution is 4.90. The number of hydrogen-bond acceptors (Lipinski definition) is 3. The summed E-state index contributed by atoms with van der Waals surface area (Å²) in [5.74, 6) is 0. The maximum Gasteiger partial charge on any atom is 0.0813 e. The van der Waals surface area contributed by atoms with Gasteiger partial charge in [0.05, 0.1) is 18.3 Å². The topological polar surface area (TPSA) is 41.5 Å². The van der Waals surface area contributed by atoms with Crippen LogP contribution in [0.25, 0.3) is 0 Å².